The van der Waals surface area contributed by atoms with E-state index < -0.39 is 0 Å². The van der Waals surface area contributed by atoms with E-state index in [1.807, 2.05) is 54.6 Å². The van der Waals surface area contributed by atoms with Gasteiger partial charge in [0.15, 0.2) is 0 Å². The van der Waals surface area contributed by atoms with Gasteiger partial charge in [-0.25, -0.2) is 0 Å². The summed E-state index contributed by atoms with van der Waals surface area (Å²) >= 11 is 1.49. The molecule has 2 heterocycles. The number of aromatic nitrogens is 2. The van der Waals surface area contributed by atoms with Crippen molar-refractivity contribution in [3.8, 4) is 5.75 Å². The van der Waals surface area contributed by atoms with E-state index in [1.54, 1.807) is 18.6 Å². The second kappa shape index (κ2) is 9.58. The first-order valence-electron chi connectivity index (χ1n) is 8.21. The Morgan fingerprint density at radius 3 is 2.54 bits per heavy atom. The predicted octanol–water partition coefficient (Wildman–Crippen LogP) is 3.46. The van der Waals surface area contributed by atoms with E-state index >= 15 is 0 Å². The SMILES string of the molecule is O=C(CSc1ccncc1)NCc1ccc(OCc2ccccn2)cc1. The maximum atomic E-state index is 11.9. The van der Waals surface area contributed by atoms with Crippen LogP contribution in [0.2, 0.25) is 0 Å². The maximum absolute atomic E-state index is 11.9. The fraction of sp³-hybridized carbons (Fsp3) is 0.150. The molecule has 0 radical (unpaired) electrons. The van der Waals surface area contributed by atoms with Crippen LogP contribution in [-0.4, -0.2) is 21.6 Å². The summed E-state index contributed by atoms with van der Waals surface area (Å²) in [7, 11) is 0. The Bertz CT molecular complexity index is 811. The molecule has 3 aromatic rings. The molecule has 0 saturated heterocycles. The highest BCUT2D eigenvalue weighted by Crippen LogP contribution is 2.16. The third-order valence-corrected chi connectivity index (χ3v) is 4.56. The number of thioether (sulfide) groups is 1. The molecule has 0 spiro atoms. The number of rotatable bonds is 8. The smallest absolute Gasteiger partial charge is 0.230 e. The monoisotopic (exact) mass is 365 g/mol. The Morgan fingerprint density at radius 1 is 1.00 bits per heavy atom. The zero-order valence-electron chi connectivity index (χ0n) is 14.2. The summed E-state index contributed by atoms with van der Waals surface area (Å²) in [4.78, 5) is 21.1. The van der Waals surface area contributed by atoms with Crippen molar-refractivity contribution in [3.63, 3.8) is 0 Å². The zero-order valence-corrected chi connectivity index (χ0v) is 15.0. The third kappa shape index (κ3) is 5.89. The lowest BCUT2D eigenvalue weighted by molar-refractivity contribution is -0.118. The Labute approximate surface area is 156 Å². The molecule has 26 heavy (non-hydrogen) atoms. The van der Waals surface area contributed by atoms with E-state index in [4.69, 9.17) is 4.74 Å². The number of ether oxygens (including phenoxy) is 1. The standard InChI is InChI=1S/C20H19N3O2S/c24-20(15-26-19-8-11-21-12-9-19)23-13-16-4-6-18(7-5-16)25-14-17-3-1-2-10-22-17/h1-12H,13-15H2,(H,23,24). The van der Waals surface area contributed by atoms with Gasteiger partial charge in [-0.3, -0.25) is 14.8 Å². The van der Waals surface area contributed by atoms with Crippen LogP contribution in [0.15, 0.2) is 78.1 Å². The second-order valence-electron chi connectivity index (χ2n) is 5.50. The Morgan fingerprint density at radius 2 is 1.81 bits per heavy atom. The summed E-state index contributed by atoms with van der Waals surface area (Å²) in [5.74, 6) is 1.16. The lowest BCUT2D eigenvalue weighted by atomic mass is 10.2. The van der Waals surface area contributed by atoms with Crippen molar-refractivity contribution < 1.29 is 9.53 Å². The van der Waals surface area contributed by atoms with Gasteiger partial charge in [0.25, 0.3) is 0 Å². The summed E-state index contributed by atoms with van der Waals surface area (Å²) < 4.78 is 5.70. The number of hydrogen-bond donors (Lipinski definition) is 1. The Balaban J connectivity index is 1.40. The number of amides is 1. The molecule has 6 heteroatoms. The van der Waals surface area contributed by atoms with Crippen LogP contribution in [0.3, 0.4) is 0 Å². The summed E-state index contributed by atoms with van der Waals surface area (Å²) in [6, 6.07) is 17.2. The minimum absolute atomic E-state index is 0.00212. The average molecular weight is 365 g/mol. The molecule has 0 aliphatic heterocycles. The van der Waals surface area contributed by atoms with Crippen LogP contribution in [0.4, 0.5) is 0 Å². The minimum Gasteiger partial charge on any atom is -0.487 e. The van der Waals surface area contributed by atoms with Crippen LogP contribution < -0.4 is 10.1 Å². The van der Waals surface area contributed by atoms with Gasteiger partial charge in [0, 0.05) is 30.0 Å². The second-order valence-corrected chi connectivity index (χ2v) is 6.55. The van der Waals surface area contributed by atoms with Crippen LogP contribution in [-0.2, 0) is 17.9 Å². The topological polar surface area (TPSA) is 64.1 Å². The van der Waals surface area contributed by atoms with E-state index in [2.05, 4.69) is 15.3 Å². The fourth-order valence-corrected chi connectivity index (χ4v) is 2.89. The predicted molar refractivity (Wildman–Crippen MR) is 102 cm³/mol. The van der Waals surface area contributed by atoms with Gasteiger partial charge in [0.05, 0.1) is 11.4 Å². The van der Waals surface area contributed by atoms with E-state index in [0.29, 0.717) is 18.9 Å². The lowest BCUT2D eigenvalue weighted by Gasteiger charge is -2.08. The van der Waals surface area contributed by atoms with Crippen molar-refractivity contribution in [1.82, 2.24) is 15.3 Å². The fourth-order valence-electron chi connectivity index (χ4n) is 2.18. The van der Waals surface area contributed by atoms with Crippen molar-refractivity contribution >= 4 is 17.7 Å². The lowest BCUT2D eigenvalue weighted by Crippen LogP contribution is -2.24. The highest BCUT2D eigenvalue weighted by molar-refractivity contribution is 8.00. The Hall–Kier alpha value is -2.86. The molecule has 0 aliphatic carbocycles. The third-order valence-electron chi connectivity index (χ3n) is 3.55. The highest BCUT2D eigenvalue weighted by Gasteiger charge is 2.03. The molecular formula is C20H19N3O2S. The summed E-state index contributed by atoms with van der Waals surface area (Å²) in [5, 5.41) is 2.92. The molecule has 132 valence electrons. The van der Waals surface area contributed by atoms with Crippen molar-refractivity contribution in [2.75, 3.05) is 5.75 Å². The number of carbonyl (C=O) groups is 1. The Kier molecular flexibility index (Phi) is 6.61. The number of benzene rings is 1. The first-order chi connectivity index (χ1) is 12.8. The number of nitrogens with zero attached hydrogens (tertiary/aromatic N) is 2. The number of pyridine rings is 2. The molecule has 1 N–H and O–H groups in total. The van der Waals surface area contributed by atoms with Crippen LogP contribution in [0.5, 0.6) is 5.75 Å². The first kappa shape index (κ1) is 17.9. The van der Waals surface area contributed by atoms with Crippen molar-refractivity contribution in [2.24, 2.45) is 0 Å². The van der Waals surface area contributed by atoms with Crippen molar-refractivity contribution in [3.05, 3.63) is 84.4 Å². The van der Waals surface area contributed by atoms with E-state index in [1.165, 1.54) is 11.8 Å². The van der Waals surface area contributed by atoms with Gasteiger partial charge in [0.2, 0.25) is 5.91 Å². The van der Waals surface area contributed by atoms with Gasteiger partial charge in [-0.1, -0.05) is 18.2 Å². The van der Waals surface area contributed by atoms with Crippen LogP contribution in [0.1, 0.15) is 11.3 Å². The summed E-state index contributed by atoms with van der Waals surface area (Å²) in [6.07, 6.45) is 5.19. The quantitative estimate of drug-likeness (QED) is 0.619. The molecule has 0 atom stereocenters. The molecule has 0 saturated carbocycles. The molecule has 0 fully saturated rings. The minimum atomic E-state index is 0.00212. The molecule has 5 nitrogen and oxygen atoms in total. The molecule has 0 bridgehead atoms. The largest absolute Gasteiger partial charge is 0.487 e. The van der Waals surface area contributed by atoms with Crippen LogP contribution in [0.25, 0.3) is 0 Å². The van der Waals surface area contributed by atoms with Crippen LogP contribution in [0, 0.1) is 0 Å². The van der Waals surface area contributed by atoms with Gasteiger partial charge < -0.3 is 10.1 Å². The summed E-state index contributed by atoms with van der Waals surface area (Å²) in [6.45, 7) is 0.930. The maximum Gasteiger partial charge on any atom is 0.230 e. The molecule has 0 aliphatic rings. The first-order valence-corrected chi connectivity index (χ1v) is 9.19. The number of hydrogen-bond acceptors (Lipinski definition) is 5. The van der Waals surface area contributed by atoms with Gasteiger partial charge in [-0.15, -0.1) is 11.8 Å². The molecule has 3 rings (SSSR count). The average Bonchev–Trinajstić information content (AvgIpc) is 2.71. The molecule has 1 aromatic carbocycles. The van der Waals surface area contributed by atoms with Crippen molar-refractivity contribution in [2.45, 2.75) is 18.0 Å². The van der Waals surface area contributed by atoms with Gasteiger partial charge >= 0.3 is 0 Å². The van der Waals surface area contributed by atoms with E-state index in [0.717, 1.165) is 21.9 Å². The molecule has 0 unspecified atom stereocenters. The number of carbonyl (C=O) groups excluding carboxylic acids is 1. The van der Waals surface area contributed by atoms with E-state index in [9.17, 15) is 4.79 Å². The molecule has 2 aromatic heterocycles. The van der Waals surface area contributed by atoms with Gasteiger partial charge in [-0.05, 0) is 42.0 Å². The number of nitrogens with one attached hydrogen (secondary N) is 1. The summed E-state index contributed by atoms with van der Waals surface area (Å²) in [5.41, 5.74) is 1.91. The molecule has 1 amide bonds. The van der Waals surface area contributed by atoms with Gasteiger partial charge in [0.1, 0.15) is 12.4 Å². The highest BCUT2D eigenvalue weighted by atomic mass is 32.2. The normalized spacial score (nSPS) is 10.3. The van der Waals surface area contributed by atoms with E-state index in [-0.39, 0.29) is 5.91 Å². The zero-order chi connectivity index (χ0) is 18.0. The van der Waals surface area contributed by atoms with Crippen LogP contribution >= 0.6 is 11.8 Å². The van der Waals surface area contributed by atoms with Crippen molar-refractivity contribution in [1.29, 1.82) is 0 Å². The molecular weight excluding hydrogens is 346 g/mol. The van der Waals surface area contributed by atoms with Gasteiger partial charge in [-0.2, -0.15) is 0 Å².